The van der Waals surface area contributed by atoms with Gasteiger partial charge < -0.3 is 20.9 Å². The number of carbonyl (C=O) groups excluding carboxylic acids is 1. The van der Waals surface area contributed by atoms with Gasteiger partial charge in [0.2, 0.25) is 5.91 Å². The second-order valence-electron chi connectivity index (χ2n) is 7.22. The van der Waals surface area contributed by atoms with Gasteiger partial charge in [-0.25, -0.2) is 14.8 Å². The quantitative estimate of drug-likeness (QED) is 0.492. The van der Waals surface area contributed by atoms with E-state index in [9.17, 15) is 9.59 Å². The second-order valence-corrected chi connectivity index (χ2v) is 7.63. The minimum atomic E-state index is -1.08. The highest BCUT2D eigenvalue weighted by atomic mass is 35.5. The van der Waals surface area contributed by atoms with Crippen LogP contribution in [0.4, 0.5) is 5.82 Å². The molecule has 0 radical (unpaired) electrons. The summed E-state index contributed by atoms with van der Waals surface area (Å²) >= 11 is 6.41. The molecule has 4 N–H and O–H groups in total. The topological polar surface area (TPSA) is 127 Å². The second kappa shape index (κ2) is 9.07. The molecule has 3 heterocycles. The summed E-state index contributed by atoms with van der Waals surface area (Å²) in [4.78, 5) is 31.0. The van der Waals surface area contributed by atoms with Gasteiger partial charge in [0.1, 0.15) is 23.4 Å². The summed E-state index contributed by atoms with van der Waals surface area (Å²) in [7, 11) is 0. The van der Waals surface area contributed by atoms with Crippen molar-refractivity contribution in [2.75, 3.05) is 12.3 Å². The Hall–Kier alpha value is -3.91. The molecule has 0 saturated carbocycles. The highest BCUT2D eigenvalue weighted by molar-refractivity contribution is 6.32. The van der Waals surface area contributed by atoms with Crippen molar-refractivity contribution in [2.45, 2.75) is 12.5 Å². The Morgan fingerprint density at radius 1 is 1.19 bits per heavy atom. The van der Waals surface area contributed by atoms with E-state index in [0.717, 1.165) is 22.3 Å². The van der Waals surface area contributed by atoms with Gasteiger partial charge in [0.25, 0.3) is 0 Å². The maximum absolute atomic E-state index is 12.1. The summed E-state index contributed by atoms with van der Waals surface area (Å²) in [6, 6.07) is 10.3. The fraction of sp³-hybridized carbons (Fsp3) is 0.130. The number of hydrogen-bond acceptors (Lipinski definition) is 6. The lowest BCUT2D eigenvalue weighted by atomic mass is 10.0. The van der Waals surface area contributed by atoms with Gasteiger partial charge in [-0.2, -0.15) is 0 Å². The van der Waals surface area contributed by atoms with E-state index in [2.05, 4.69) is 15.3 Å². The number of nitrogens with one attached hydrogen (secondary N) is 1. The third-order valence-electron chi connectivity index (χ3n) is 4.91. The largest absolute Gasteiger partial charge is 0.486 e. The van der Waals surface area contributed by atoms with Gasteiger partial charge in [0, 0.05) is 36.0 Å². The molecule has 1 atom stereocenters. The number of aromatic nitrogens is 2. The number of carboxylic acids is 1. The maximum Gasteiger partial charge on any atom is 0.354 e. The highest BCUT2D eigenvalue weighted by Gasteiger charge is 2.26. The number of hydrogen-bond donors (Lipinski definition) is 3. The summed E-state index contributed by atoms with van der Waals surface area (Å²) in [6.45, 7) is 0.318. The van der Waals surface area contributed by atoms with E-state index in [0.29, 0.717) is 29.6 Å². The van der Waals surface area contributed by atoms with Crippen LogP contribution in [0.2, 0.25) is 5.02 Å². The van der Waals surface area contributed by atoms with Crippen molar-refractivity contribution in [3.05, 3.63) is 76.7 Å². The van der Waals surface area contributed by atoms with Crippen molar-refractivity contribution in [1.29, 1.82) is 0 Å². The minimum absolute atomic E-state index is 0.0261. The highest BCUT2D eigenvalue weighted by Crippen LogP contribution is 2.39. The predicted octanol–water partition coefficient (Wildman–Crippen LogP) is 3.21. The molecule has 8 nitrogen and oxygen atoms in total. The van der Waals surface area contributed by atoms with E-state index >= 15 is 0 Å². The Balaban J connectivity index is 1.38. The molecule has 9 heteroatoms. The van der Waals surface area contributed by atoms with Gasteiger partial charge in [0.15, 0.2) is 0 Å². The molecule has 1 unspecified atom stereocenters. The Labute approximate surface area is 188 Å². The van der Waals surface area contributed by atoms with Crippen molar-refractivity contribution in [1.82, 2.24) is 15.3 Å². The van der Waals surface area contributed by atoms with Crippen molar-refractivity contribution >= 4 is 35.4 Å². The van der Waals surface area contributed by atoms with Crippen LogP contribution in [0.1, 0.15) is 21.6 Å². The molecule has 162 valence electrons. The number of nitrogen functional groups attached to an aromatic ring is 1. The molecule has 1 aliphatic rings. The van der Waals surface area contributed by atoms with Crippen LogP contribution >= 0.6 is 11.6 Å². The van der Waals surface area contributed by atoms with Crippen LogP contribution in [-0.4, -0.2) is 39.6 Å². The molecule has 1 aliphatic heterocycles. The van der Waals surface area contributed by atoms with E-state index in [1.54, 1.807) is 36.5 Å². The van der Waals surface area contributed by atoms with Crippen LogP contribution < -0.4 is 15.8 Å². The van der Waals surface area contributed by atoms with Crippen LogP contribution in [0.15, 0.2) is 54.9 Å². The lowest BCUT2D eigenvalue weighted by molar-refractivity contribution is -0.116. The molecule has 0 aliphatic carbocycles. The van der Waals surface area contributed by atoms with Gasteiger partial charge in [-0.1, -0.05) is 17.7 Å². The number of pyridine rings is 2. The Bertz CT molecular complexity index is 1190. The summed E-state index contributed by atoms with van der Waals surface area (Å²) in [5.74, 6) is -0.326. The van der Waals surface area contributed by atoms with Crippen molar-refractivity contribution in [3.8, 4) is 16.9 Å². The van der Waals surface area contributed by atoms with E-state index in [1.165, 1.54) is 18.3 Å². The number of halogens is 1. The van der Waals surface area contributed by atoms with Gasteiger partial charge in [-0.05, 0) is 47.5 Å². The number of amides is 1. The monoisotopic (exact) mass is 450 g/mol. The predicted molar refractivity (Wildman–Crippen MR) is 120 cm³/mol. The Morgan fingerprint density at radius 2 is 2.03 bits per heavy atom. The van der Waals surface area contributed by atoms with Crippen LogP contribution in [0, 0.1) is 0 Å². The SMILES string of the molecule is Nc1ccc(/C=C/C(=O)NCC2Cc3cc(-c4ccc(C(=O)O)nc4)cc(Cl)c3O2)cn1. The van der Waals surface area contributed by atoms with Crippen LogP contribution in [0.25, 0.3) is 17.2 Å². The first-order valence-corrected chi connectivity index (χ1v) is 10.1. The van der Waals surface area contributed by atoms with Crippen LogP contribution in [-0.2, 0) is 11.2 Å². The molecular formula is C23H19ClN4O4. The number of nitrogens with two attached hydrogens (primary N) is 1. The number of aromatic carboxylic acids is 1. The standard InChI is InChI=1S/C23H19ClN4O4/c24-18-9-15(14-3-4-19(23(30)31)26-11-14)7-16-8-17(32-22(16)18)12-28-21(29)6-2-13-1-5-20(25)27-10-13/h1-7,9-11,17H,8,12H2,(H2,25,27)(H,28,29)(H,30,31)/b6-2+. The molecule has 0 saturated heterocycles. The molecule has 0 fully saturated rings. The molecular weight excluding hydrogens is 432 g/mol. The van der Waals surface area contributed by atoms with E-state index in [1.807, 2.05) is 6.07 Å². The Morgan fingerprint density at radius 3 is 2.72 bits per heavy atom. The summed E-state index contributed by atoms with van der Waals surface area (Å²) in [5, 5.41) is 12.3. The van der Waals surface area contributed by atoms with Gasteiger partial charge >= 0.3 is 5.97 Å². The first-order valence-electron chi connectivity index (χ1n) is 9.75. The number of ether oxygens (including phenoxy) is 1. The smallest absolute Gasteiger partial charge is 0.354 e. The molecule has 1 aromatic carbocycles. The third kappa shape index (κ3) is 4.87. The van der Waals surface area contributed by atoms with Crippen molar-refractivity contribution in [3.63, 3.8) is 0 Å². The molecule has 3 aromatic rings. The third-order valence-corrected chi connectivity index (χ3v) is 5.19. The van der Waals surface area contributed by atoms with Crippen molar-refractivity contribution in [2.24, 2.45) is 0 Å². The average molecular weight is 451 g/mol. The molecule has 2 aromatic heterocycles. The lowest BCUT2D eigenvalue weighted by Gasteiger charge is -2.11. The first kappa shape index (κ1) is 21.3. The number of fused-ring (bicyclic) bond motifs is 1. The maximum atomic E-state index is 12.1. The van der Waals surface area contributed by atoms with Crippen LogP contribution in [0.3, 0.4) is 0 Å². The minimum Gasteiger partial charge on any atom is -0.486 e. The Kier molecular flexibility index (Phi) is 6.04. The number of carboxylic acid groups (broad SMARTS) is 1. The average Bonchev–Trinajstić information content (AvgIpc) is 3.21. The fourth-order valence-electron chi connectivity index (χ4n) is 3.32. The number of nitrogens with zero attached hydrogens (tertiary/aromatic N) is 2. The van der Waals surface area contributed by atoms with Crippen LogP contribution in [0.5, 0.6) is 5.75 Å². The normalized spacial score (nSPS) is 14.7. The van der Waals surface area contributed by atoms with Gasteiger partial charge in [-0.3, -0.25) is 4.79 Å². The molecule has 32 heavy (non-hydrogen) atoms. The first-order chi connectivity index (χ1) is 15.4. The van der Waals surface area contributed by atoms with E-state index < -0.39 is 5.97 Å². The summed E-state index contributed by atoms with van der Waals surface area (Å²) in [5.41, 5.74) is 8.76. The molecule has 0 spiro atoms. The molecule has 4 rings (SSSR count). The summed E-state index contributed by atoms with van der Waals surface area (Å²) < 4.78 is 5.92. The zero-order valence-corrected chi connectivity index (χ0v) is 17.5. The number of carbonyl (C=O) groups is 2. The number of benzene rings is 1. The molecule has 0 bridgehead atoms. The fourth-order valence-corrected chi connectivity index (χ4v) is 3.60. The number of rotatable bonds is 6. The number of anilines is 1. The zero-order chi connectivity index (χ0) is 22.7. The summed E-state index contributed by atoms with van der Waals surface area (Å²) in [6.07, 6.45) is 6.49. The van der Waals surface area contributed by atoms with Gasteiger partial charge in [-0.15, -0.1) is 0 Å². The molecule has 1 amide bonds. The lowest BCUT2D eigenvalue weighted by Crippen LogP contribution is -2.33. The zero-order valence-electron chi connectivity index (χ0n) is 16.8. The van der Waals surface area contributed by atoms with E-state index in [4.69, 9.17) is 27.2 Å². The van der Waals surface area contributed by atoms with Gasteiger partial charge in [0.05, 0.1) is 11.6 Å². The van der Waals surface area contributed by atoms with E-state index in [-0.39, 0.29) is 17.7 Å². The van der Waals surface area contributed by atoms with Crippen molar-refractivity contribution < 1.29 is 19.4 Å².